The largest absolute Gasteiger partial charge is 0.310 e. The first kappa shape index (κ1) is 18.2. The Hall–Kier alpha value is -2.62. The zero-order chi connectivity index (χ0) is 18.4. The van der Waals surface area contributed by atoms with E-state index < -0.39 is 0 Å². The van der Waals surface area contributed by atoms with Gasteiger partial charge in [0.1, 0.15) is 11.5 Å². The van der Waals surface area contributed by atoms with Gasteiger partial charge in [-0.1, -0.05) is 63.1 Å². The first-order valence-corrected chi connectivity index (χ1v) is 9.53. The Morgan fingerprint density at radius 2 is 1.88 bits per heavy atom. The Morgan fingerprint density at radius 3 is 2.62 bits per heavy atom. The summed E-state index contributed by atoms with van der Waals surface area (Å²) in [6.07, 6.45) is 6.64. The molecule has 0 saturated heterocycles. The number of pyridine rings is 1. The molecule has 2 heterocycles. The zero-order valence-electron chi connectivity index (χ0n) is 15.6. The van der Waals surface area contributed by atoms with Crippen LogP contribution in [0.4, 0.5) is 5.82 Å². The second kappa shape index (κ2) is 8.65. The summed E-state index contributed by atoms with van der Waals surface area (Å²) in [5.74, 6) is 0.944. The van der Waals surface area contributed by atoms with Gasteiger partial charge in [0, 0.05) is 18.5 Å². The van der Waals surface area contributed by atoms with Crippen LogP contribution >= 0.6 is 0 Å². The lowest BCUT2D eigenvalue weighted by Gasteiger charge is -2.15. The predicted octanol–water partition coefficient (Wildman–Crippen LogP) is 5.08. The van der Waals surface area contributed by atoms with Crippen LogP contribution in [-0.4, -0.2) is 15.3 Å². The van der Waals surface area contributed by atoms with E-state index in [9.17, 15) is 4.79 Å². The average Bonchev–Trinajstić information content (AvgIpc) is 3.00. The van der Waals surface area contributed by atoms with Crippen molar-refractivity contribution in [3.63, 3.8) is 0 Å². The van der Waals surface area contributed by atoms with Crippen LogP contribution in [0.1, 0.15) is 50.8 Å². The number of imidazole rings is 1. The van der Waals surface area contributed by atoms with Gasteiger partial charge in [0.25, 0.3) is 0 Å². The molecule has 3 rings (SSSR count). The van der Waals surface area contributed by atoms with Crippen molar-refractivity contribution in [2.24, 2.45) is 5.92 Å². The maximum atomic E-state index is 12.8. The molecule has 0 aliphatic carbocycles. The normalized spacial score (nSPS) is 12.2. The zero-order valence-corrected chi connectivity index (χ0v) is 15.6. The van der Waals surface area contributed by atoms with Gasteiger partial charge in [-0.3, -0.25) is 9.20 Å². The van der Waals surface area contributed by atoms with E-state index in [-0.39, 0.29) is 11.8 Å². The van der Waals surface area contributed by atoms with Crippen molar-refractivity contribution in [2.75, 3.05) is 5.32 Å². The number of hydrogen-bond donors (Lipinski definition) is 1. The summed E-state index contributed by atoms with van der Waals surface area (Å²) in [6, 6.07) is 16.1. The Bertz CT molecular complexity index is 854. The van der Waals surface area contributed by atoms with Gasteiger partial charge in [-0.15, -0.1) is 0 Å². The molecule has 0 aliphatic rings. The van der Waals surface area contributed by atoms with Crippen LogP contribution in [0.25, 0.3) is 5.65 Å². The number of rotatable bonds is 8. The highest BCUT2D eigenvalue weighted by Gasteiger charge is 2.20. The van der Waals surface area contributed by atoms with Crippen LogP contribution in [0.2, 0.25) is 0 Å². The minimum atomic E-state index is 0.0498. The summed E-state index contributed by atoms with van der Waals surface area (Å²) in [7, 11) is 0. The number of hydrogen-bond acceptors (Lipinski definition) is 2. The number of carbonyl (C=O) groups excluding carboxylic acids is 1. The third-order valence-electron chi connectivity index (χ3n) is 4.83. The van der Waals surface area contributed by atoms with Crippen LogP contribution in [0, 0.1) is 5.92 Å². The van der Waals surface area contributed by atoms with Crippen LogP contribution in [0.3, 0.4) is 0 Å². The third kappa shape index (κ3) is 4.13. The molecule has 4 heteroatoms. The lowest BCUT2D eigenvalue weighted by molar-refractivity contribution is -0.120. The quantitative estimate of drug-likeness (QED) is 0.616. The van der Waals surface area contributed by atoms with Crippen LogP contribution < -0.4 is 5.32 Å². The molecule has 136 valence electrons. The van der Waals surface area contributed by atoms with Gasteiger partial charge in [-0.25, -0.2) is 4.98 Å². The van der Waals surface area contributed by atoms with E-state index in [4.69, 9.17) is 4.98 Å². The van der Waals surface area contributed by atoms with Gasteiger partial charge in [0.15, 0.2) is 0 Å². The molecular weight excluding hydrogens is 322 g/mol. The summed E-state index contributed by atoms with van der Waals surface area (Å²) >= 11 is 0. The van der Waals surface area contributed by atoms with Crippen molar-refractivity contribution in [1.29, 1.82) is 0 Å². The van der Waals surface area contributed by atoms with E-state index in [0.717, 1.165) is 42.8 Å². The fourth-order valence-corrected chi connectivity index (χ4v) is 3.28. The Balaban J connectivity index is 1.90. The van der Waals surface area contributed by atoms with E-state index in [1.165, 1.54) is 5.56 Å². The number of fused-ring (bicyclic) bond motifs is 1. The molecule has 1 N–H and O–H groups in total. The number of nitrogens with one attached hydrogen (secondary N) is 1. The highest BCUT2D eigenvalue weighted by atomic mass is 16.2. The molecule has 0 saturated carbocycles. The lowest BCUT2D eigenvalue weighted by atomic mass is 9.98. The minimum absolute atomic E-state index is 0.0498. The molecular formula is C22H27N3O. The fraction of sp³-hybridized carbons (Fsp3) is 0.364. The lowest BCUT2D eigenvalue weighted by Crippen LogP contribution is -2.23. The van der Waals surface area contributed by atoms with Crippen molar-refractivity contribution in [2.45, 2.75) is 46.0 Å². The maximum absolute atomic E-state index is 12.8. The SMILES string of the molecule is CCCCC(CC)C(=O)Nc1c(Cc2ccccc2)nc2ccccn12. The number of nitrogens with zero attached hydrogens (tertiary/aromatic N) is 2. The maximum Gasteiger partial charge on any atom is 0.228 e. The van der Waals surface area contributed by atoms with Gasteiger partial charge in [-0.2, -0.15) is 0 Å². The summed E-state index contributed by atoms with van der Waals surface area (Å²) in [4.78, 5) is 17.6. The highest BCUT2D eigenvalue weighted by Crippen LogP contribution is 2.23. The number of benzene rings is 1. The summed E-state index contributed by atoms with van der Waals surface area (Å²) in [6.45, 7) is 4.24. The number of anilines is 1. The van der Waals surface area contributed by atoms with Gasteiger partial charge in [0.05, 0.1) is 5.69 Å². The number of amides is 1. The molecule has 0 aliphatic heterocycles. The highest BCUT2D eigenvalue weighted by molar-refractivity contribution is 5.92. The second-order valence-electron chi connectivity index (χ2n) is 6.73. The molecule has 1 aromatic carbocycles. The molecule has 1 atom stereocenters. The molecule has 0 spiro atoms. The number of unbranched alkanes of at least 4 members (excludes halogenated alkanes) is 1. The van der Waals surface area contributed by atoms with E-state index in [1.807, 2.05) is 47.0 Å². The average molecular weight is 349 g/mol. The Kier molecular flexibility index (Phi) is 6.05. The van der Waals surface area contributed by atoms with E-state index in [2.05, 4.69) is 31.3 Å². The van der Waals surface area contributed by atoms with Crippen molar-refractivity contribution in [1.82, 2.24) is 9.38 Å². The van der Waals surface area contributed by atoms with Crippen molar-refractivity contribution in [3.05, 3.63) is 66.0 Å². The molecule has 1 unspecified atom stereocenters. The third-order valence-corrected chi connectivity index (χ3v) is 4.83. The standard InChI is InChI=1S/C22H27N3O/c1-3-5-13-18(4-2)22(26)24-21-19(16-17-11-7-6-8-12-17)23-20-14-9-10-15-25(20)21/h6-12,14-15,18H,3-5,13,16H2,1-2H3,(H,24,26). The molecule has 0 radical (unpaired) electrons. The summed E-state index contributed by atoms with van der Waals surface area (Å²) in [5.41, 5.74) is 2.95. The summed E-state index contributed by atoms with van der Waals surface area (Å²) < 4.78 is 1.97. The van der Waals surface area contributed by atoms with Crippen molar-refractivity contribution < 1.29 is 4.79 Å². The first-order valence-electron chi connectivity index (χ1n) is 9.53. The molecule has 1 amide bonds. The van der Waals surface area contributed by atoms with Crippen molar-refractivity contribution >= 4 is 17.4 Å². The van der Waals surface area contributed by atoms with Gasteiger partial charge in [-0.05, 0) is 30.5 Å². The van der Waals surface area contributed by atoms with Crippen LogP contribution in [-0.2, 0) is 11.2 Å². The Labute approximate surface area is 155 Å². The minimum Gasteiger partial charge on any atom is -0.310 e. The first-order chi connectivity index (χ1) is 12.7. The van der Waals surface area contributed by atoms with Gasteiger partial charge < -0.3 is 5.32 Å². The van der Waals surface area contributed by atoms with Crippen LogP contribution in [0.5, 0.6) is 0 Å². The smallest absolute Gasteiger partial charge is 0.228 e. The van der Waals surface area contributed by atoms with Gasteiger partial charge >= 0.3 is 0 Å². The van der Waals surface area contributed by atoms with E-state index in [1.54, 1.807) is 0 Å². The Morgan fingerprint density at radius 1 is 1.12 bits per heavy atom. The topological polar surface area (TPSA) is 46.4 Å². The fourth-order valence-electron chi connectivity index (χ4n) is 3.28. The molecule has 4 nitrogen and oxygen atoms in total. The molecule has 2 aromatic heterocycles. The molecule has 3 aromatic rings. The molecule has 0 fully saturated rings. The number of aromatic nitrogens is 2. The van der Waals surface area contributed by atoms with E-state index >= 15 is 0 Å². The molecule has 26 heavy (non-hydrogen) atoms. The van der Waals surface area contributed by atoms with Gasteiger partial charge in [0.2, 0.25) is 5.91 Å². The molecule has 0 bridgehead atoms. The van der Waals surface area contributed by atoms with Crippen LogP contribution in [0.15, 0.2) is 54.7 Å². The number of carbonyl (C=O) groups is 1. The van der Waals surface area contributed by atoms with Crippen molar-refractivity contribution in [3.8, 4) is 0 Å². The predicted molar refractivity (Wildman–Crippen MR) is 106 cm³/mol. The summed E-state index contributed by atoms with van der Waals surface area (Å²) in [5, 5.41) is 3.18. The second-order valence-corrected chi connectivity index (χ2v) is 6.73. The monoisotopic (exact) mass is 349 g/mol. The van der Waals surface area contributed by atoms with E-state index in [0.29, 0.717) is 6.42 Å².